The number of hydrogen-bond acceptors (Lipinski definition) is 2. The van der Waals surface area contributed by atoms with Crippen molar-refractivity contribution in [3.05, 3.63) is 35.4 Å². The molecule has 0 aliphatic heterocycles. The normalized spacial score (nSPS) is 24.2. The average Bonchev–Trinajstić information content (AvgIpc) is 2.40. The molecular weight excluding hydrogens is 210 g/mol. The summed E-state index contributed by atoms with van der Waals surface area (Å²) in [6.07, 6.45) is 4.94. The van der Waals surface area contributed by atoms with Gasteiger partial charge in [-0.2, -0.15) is 5.26 Å². The van der Waals surface area contributed by atoms with Gasteiger partial charge in [-0.05, 0) is 55.2 Å². The molecule has 0 atom stereocenters. The van der Waals surface area contributed by atoms with Crippen molar-refractivity contribution >= 4 is 0 Å². The Hall–Kier alpha value is -1.33. The Labute approximate surface area is 103 Å². The lowest BCUT2D eigenvalue weighted by Gasteiger charge is -2.28. The van der Waals surface area contributed by atoms with E-state index in [0.717, 1.165) is 18.1 Å². The first-order valence-electron chi connectivity index (χ1n) is 6.32. The fourth-order valence-corrected chi connectivity index (χ4v) is 2.76. The first-order valence-corrected chi connectivity index (χ1v) is 6.32. The molecule has 0 aromatic heterocycles. The summed E-state index contributed by atoms with van der Waals surface area (Å²) >= 11 is 0. The highest BCUT2D eigenvalue weighted by Crippen LogP contribution is 2.35. The number of nitrogens with zero attached hydrogens (tertiary/aromatic N) is 1. The van der Waals surface area contributed by atoms with Crippen LogP contribution in [0.1, 0.15) is 42.7 Å². The standard InChI is InChI=1S/C15H19NO/c1-17-11-12-5-7-14(8-6-12)15-4-2-3-13(9-15)10-16/h2-4,9,12,14H,5-8,11H2,1H3. The molecule has 2 nitrogen and oxygen atoms in total. The molecule has 0 spiro atoms. The summed E-state index contributed by atoms with van der Waals surface area (Å²) in [7, 11) is 1.78. The van der Waals surface area contributed by atoms with Gasteiger partial charge >= 0.3 is 0 Å². The highest BCUT2D eigenvalue weighted by Gasteiger charge is 2.22. The first-order chi connectivity index (χ1) is 8.33. The molecule has 1 aromatic rings. The third-order valence-electron chi connectivity index (χ3n) is 3.74. The van der Waals surface area contributed by atoms with Gasteiger partial charge in [-0.25, -0.2) is 0 Å². The number of benzene rings is 1. The molecule has 1 fully saturated rings. The van der Waals surface area contributed by atoms with Crippen LogP contribution in [0.2, 0.25) is 0 Å². The maximum atomic E-state index is 8.91. The molecule has 90 valence electrons. The monoisotopic (exact) mass is 229 g/mol. The van der Waals surface area contributed by atoms with Gasteiger partial charge in [0.25, 0.3) is 0 Å². The molecule has 0 radical (unpaired) electrons. The van der Waals surface area contributed by atoms with Crippen LogP contribution in [0.15, 0.2) is 24.3 Å². The van der Waals surface area contributed by atoms with E-state index in [2.05, 4.69) is 12.1 Å². The Morgan fingerprint density at radius 3 is 2.71 bits per heavy atom. The van der Waals surface area contributed by atoms with Crippen LogP contribution in [0.3, 0.4) is 0 Å². The van der Waals surface area contributed by atoms with Crippen LogP contribution in [-0.2, 0) is 4.74 Å². The van der Waals surface area contributed by atoms with Crippen LogP contribution in [0, 0.1) is 17.2 Å². The van der Waals surface area contributed by atoms with Crippen molar-refractivity contribution in [2.45, 2.75) is 31.6 Å². The quantitative estimate of drug-likeness (QED) is 0.795. The van der Waals surface area contributed by atoms with Crippen molar-refractivity contribution < 1.29 is 4.74 Å². The number of nitriles is 1. The van der Waals surface area contributed by atoms with E-state index in [4.69, 9.17) is 10.00 Å². The largest absolute Gasteiger partial charge is 0.384 e. The predicted octanol–water partition coefficient (Wildman–Crippen LogP) is 3.48. The fraction of sp³-hybridized carbons (Fsp3) is 0.533. The molecule has 2 rings (SSSR count). The third-order valence-corrected chi connectivity index (χ3v) is 3.74. The summed E-state index contributed by atoms with van der Waals surface area (Å²) in [5.74, 6) is 1.37. The molecule has 1 saturated carbocycles. The first kappa shape index (κ1) is 12.1. The van der Waals surface area contributed by atoms with Gasteiger partial charge in [-0.3, -0.25) is 0 Å². The minimum atomic E-state index is 0.636. The number of ether oxygens (including phenoxy) is 1. The molecule has 1 aliphatic rings. The summed E-state index contributed by atoms with van der Waals surface area (Å²) in [4.78, 5) is 0. The summed E-state index contributed by atoms with van der Waals surface area (Å²) in [6.45, 7) is 0.894. The zero-order chi connectivity index (χ0) is 12.1. The zero-order valence-corrected chi connectivity index (χ0v) is 10.4. The van der Waals surface area contributed by atoms with Gasteiger partial charge in [0.2, 0.25) is 0 Å². The second-order valence-electron chi connectivity index (χ2n) is 4.91. The van der Waals surface area contributed by atoms with E-state index in [1.165, 1.54) is 31.2 Å². The molecule has 0 saturated heterocycles. The minimum Gasteiger partial charge on any atom is -0.384 e. The topological polar surface area (TPSA) is 33.0 Å². The van der Waals surface area contributed by atoms with Crippen LogP contribution in [0.5, 0.6) is 0 Å². The number of rotatable bonds is 3. The van der Waals surface area contributed by atoms with E-state index in [9.17, 15) is 0 Å². The predicted molar refractivity (Wildman–Crippen MR) is 67.7 cm³/mol. The molecule has 1 aliphatic carbocycles. The van der Waals surface area contributed by atoms with E-state index < -0.39 is 0 Å². The Kier molecular flexibility index (Phi) is 4.17. The van der Waals surface area contributed by atoms with E-state index >= 15 is 0 Å². The van der Waals surface area contributed by atoms with Crippen LogP contribution in [0.4, 0.5) is 0 Å². The molecule has 1 aromatic carbocycles. The van der Waals surface area contributed by atoms with E-state index in [1.807, 2.05) is 18.2 Å². The summed E-state index contributed by atoms with van der Waals surface area (Å²) in [6, 6.07) is 10.3. The van der Waals surface area contributed by atoms with Gasteiger partial charge in [0.1, 0.15) is 0 Å². The lowest BCUT2D eigenvalue weighted by molar-refractivity contribution is 0.127. The SMILES string of the molecule is COCC1CCC(c2cccc(C#N)c2)CC1. The maximum absolute atomic E-state index is 8.91. The number of methoxy groups -OCH3 is 1. The van der Waals surface area contributed by atoms with Crippen molar-refractivity contribution in [2.24, 2.45) is 5.92 Å². The van der Waals surface area contributed by atoms with Crippen LogP contribution in [-0.4, -0.2) is 13.7 Å². The summed E-state index contributed by atoms with van der Waals surface area (Å²) < 4.78 is 5.22. The van der Waals surface area contributed by atoms with Crippen molar-refractivity contribution in [1.29, 1.82) is 5.26 Å². The second kappa shape index (κ2) is 5.84. The molecule has 0 unspecified atom stereocenters. The third kappa shape index (κ3) is 3.08. The van der Waals surface area contributed by atoms with Gasteiger partial charge in [0.15, 0.2) is 0 Å². The minimum absolute atomic E-state index is 0.636. The van der Waals surface area contributed by atoms with Gasteiger partial charge in [-0.1, -0.05) is 12.1 Å². The zero-order valence-electron chi connectivity index (χ0n) is 10.4. The van der Waals surface area contributed by atoms with E-state index in [1.54, 1.807) is 7.11 Å². The molecule has 0 amide bonds. The Morgan fingerprint density at radius 2 is 2.06 bits per heavy atom. The molecule has 0 N–H and O–H groups in total. The second-order valence-corrected chi connectivity index (χ2v) is 4.91. The van der Waals surface area contributed by atoms with Gasteiger partial charge < -0.3 is 4.74 Å². The maximum Gasteiger partial charge on any atom is 0.0991 e. The van der Waals surface area contributed by atoms with E-state index in [0.29, 0.717) is 5.92 Å². The van der Waals surface area contributed by atoms with Crippen molar-refractivity contribution in [1.82, 2.24) is 0 Å². The van der Waals surface area contributed by atoms with Crippen LogP contribution >= 0.6 is 0 Å². The molecular formula is C15H19NO. The highest BCUT2D eigenvalue weighted by atomic mass is 16.5. The molecule has 0 heterocycles. The Morgan fingerprint density at radius 1 is 1.29 bits per heavy atom. The lowest BCUT2D eigenvalue weighted by Crippen LogP contribution is -2.17. The van der Waals surface area contributed by atoms with E-state index in [-0.39, 0.29) is 0 Å². The smallest absolute Gasteiger partial charge is 0.0991 e. The number of hydrogen-bond donors (Lipinski definition) is 0. The van der Waals surface area contributed by atoms with Crippen molar-refractivity contribution in [3.63, 3.8) is 0 Å². The van der Waals surface area contributed by atoms with Crippen LogP contribution in [0.25, 0.3) is 0 Å². The van der Waals surface area contributed by atoms with Gasteiger partial charge in [0, 0.05) is 13.7 Å². The van der Waals surface area contributed by atoms with Gasteiger partial charge in [0.05, 0.1) is 11.6 Å². The average molecular weight is 229 g/mol. The molecule has 0 bridgehead atoms. The summed E-state index contributed by atoms with van der Waals surface area (Å²) in [5.41, 5.74) is 2.11. The Balaban J connectivity index is 1.98. The Bertz CT molecular complexity index is 400. The molecule has 2 heteroatoms. The van der Waals surface area contributed by atoms with Crippen molar-refractivity contribution in [2.75, 3.05) is 13.7 Å². The van der Waals surface area contributed by atoms with Gasteiger partial charge in [-0.15, -0.1) is 0 Å². The highest BCUT2D eigenvalue weighted by molar-refractivity contribution is 5.34. The fourth-order valence-electron chi connectivity index (χ4n) is 2.76. The summed E-state index contributed by atoms with van der Waals surface area (Å²) in [5, 5.41) is 8.91. The van der Waals surface area contributed by atoms with Crippen molar-refractivity contribution in [3.8, 4) is 6.07 Å². The lowest BCUT2D eigenvalue weighted by atomic mass is 9.79. The molecule has 17 heavy (non-hydrogen) atoms. The van der Waals surface area contributed by atoms with Crippen LogP contribution < -0.4 is 0 Å².